The van der Waals surface area contributed by atoms with Crippen molar-refractivity contribution in [3.8, 4) is 17.2 Å². The second-order valence-electron chi connectivity index (χ2n) is 4.76. The second kappa shape index (κ2) is 8.00. The first-order chi connectivity index (χ1) is 11.6. The zero-order valence-corrected chi connectivity index (χ0v) is 13.7. The third-order valence-electron chi connectivity index (χ3n) is 3.36. The lowest BCUT2D eigenvalue weighted by atomic mass is 10.1. The van der Waals surface area contributed by atoms with Crippen LogP contribution in [-0.2, 0) is 6.42 Å². The molecule has 0 aliphatic rings. The fourth-order valence-corrected chi connectivity index (χ4v) is 2.22. The van der Waals surface area contributed by atoms with Crippen LogP contribution < -0.4 is 19.5 Å². The van der Waals surface area contributed by atoms with Gasteiger partial charge in [0.15, 0.2) is 17.2 Å². The minimum absolute atomic E-state index is 0.0953. The van der Waals surface area contributed by atoms with E-state index in [0.717, 1.165) is 5.56 Å². The fourth-order valence-electron chi connectivity index (χ4n) is 2.22. The van der Waals surface area contributed by atoms with Gasteiger partial charge in [-0.3, -0.25) is 0 Å². The smallest absolute Gasteiger partial charge is 0.356 e. The number of aromatic carboxylic acids is 1. The van der Waals surface area contributed by atoms with Gasteiger partial charge in [0.2, 0.25) is 5.75 Å². The maximum Gasteiger partial charge on any atom is 0.356 e. The molecule has 0 saturated heterocycles. The molecule has 8 heteroatoms. The first kappa shape index (κ1) is 17.3. The number of nitrogens with one attached hydrogen (secondary N) is 1. The monoisotopic (exact) mass is 333 g/mol. The van der Waals surface area contributed by atoms with Gasteiger partial charge in [0.05, 0.1) is 33.7 Å². The molecule has 0 amide bonds. The van der Waals surface area contributed by atoms with Gasteiger partial charge in [-0.25, -0.2) is 14.8 Å². The third-order valence-corrected chi connectivity index (χ3v) is 3.36. The lowest BCUT2D eigenvalue weighted by Gasteiger charge is -2.16. The van der Waals surface area contributed by atoms with Crippen molar-refractivity contribution in [1.29, 1.82) is 0 Å². The molecule has 0 aliphatic heterocycles. The van der Waals surface area contributed by atoms with Gasteiger partial charge in [0, 0.05) is 12.1 Å². The number of hydrogen-bond acceptors (Lipinski definition) is 7. The Morgan fingerprint density at radius 3 is 2.38 bits per heavy atom. The number of carbonyl (C=O) groups is 1. The fraction of sp³-hybridized carbons (Fsp3) is 0.312. The van der Waals surface area contributed by atoms with Crippen molar-refractivity contribution in [2.75, 3.05) is 33.2 Å². The molecule has 24 heavy (non-hydrogen) atoms. The molecular weight excluding hydrogens is 314 g/mol. The molecule has 0 radical (unpaired) electrons. The van der Waals surface area contributed by atoms with Gasteiger partial charge in [-0.1, -0.05) is 6.07 Å². The molecule has 1 aromatic carbocycles. The molecule has 2 rings (SSSR count). The number of methoxy groups -OCH3 is 3. The second-order valence-corrected chi connectivity index (χ2v) is 4.76. The third kappa shape index (κ3) is 3.83. The Kier molecular flexibility index (Phi) is 5.78. The van der Waals surface area contributed by atoms with Crippen LogP contribution in [0.15, 0.2) is 24.5 Å². The Morgan fingerprint density at radius 2 is 1.83 bits per heavy atom. The van der Waals surface area contributed by atoms with E-state index in [1.165, 1.54) is 12.4 Å². The van der Waals surface area contributed by atoms with Crippen LogP contribution in [0, 0.1) is 0 Å². The van der Waals surface area contributed by atoms with E-state index in [-0.39, 0.29) is 5.69 Å². The Hall–Kier alpha value is -3.03. The first-order valence-corrected chi connectivity index (χ1v) is 7.17. The summed E-state index contributed by atoms with van der Waals surface area (Å²) in [5.41, 5.74) is 0.847. The predicted molar refractivity (Wildman–Crippen MR) is 87.3 cm³/mol. The van der Waals surface area contributed by atoms with Crippen LogP contribution >= 0.6 is 0 Å². The van der Waals surface area contributed by atoms with E-state index in [9.17, 15) is 4.79 Å². The summed E-state index contributed by atoms with van der Waals surface area (Å²) in [4.78, 5) is 18.5. The minimum atomic E-state index is -1.11. The number of benzene rings is 1. The molecule has 2 aromatic rings. The highest BCUT2D eigenvalue weighted by molar-refractivity contribution is 5.84. The van der Waals surface area contributed by atoms with Crippen molar-refractivity contribution in [2.45, 2.75) is 6.42 Å². The van der Waals surface area contributed by atoms with Crippen LogP contribution in [0.1, 0.15) is 16.1 Å². The molecule has 0 atom stereocenters. The molecule has 0 unspecified atom stereocenters. The van der Waals surface area contributed by atoms with Gasteiger partial charge >= 0.3 is 5.97 Å². The van der Waals surface area contributed by atoms with Crippen LogP contribution in [0.4, 0.5) is 5.82 Å². The summed E-state index contributed by atoms with van der Waals surface area (Å²) >= 11 is 0. The van der Waals surface area contributed by atoms with Gasteiger partial charge in [-0.2, -0.15) is 0 Å². The summed E-state index contributed by atoms with van der Waals surface area (Å²) in [5, 5.41) is 11.9. The Labute approximate surface area is 139 Å². The van der Waals surface area contributed by atoms with Crippen molar-refractivity contribution >= 4 is 11.8 Å². The zero-order chi connectivity index (χ0) is 17.5. The van der Waals surface area contributed by atoms with Crippen LogP contribution in [-0.4, -0.2) is 48.9 Å². The molecule has 1 aromatic heterocycles. The number of aromatic nitrogens is 2. The van der Waals surface area contributed by atoms with E-state index in [1.54, 1.807) is 21.3 Å². The number of anilines is 1. The van der Waals surface area contributed by atoms with Crippen LogP contribution in [0.25, 0.3) is 0 Å². The minimum Gasteiger partial charge on any atom is -0.493 e. The van der Waals surface area contributed by atoms with Crippen LogP contribution in [0.2, 0.25) is 0 Å². The maximum atomic E-state index is 10.7. The highest BCUT2D eigenvalue weighted by atomic mass is 16.5. The summed E-state index contributed by atoms with van der Waals surface area (Å²) in [6, 6.07) is 3.72. The van der Waals surface area contributed by atoms with Crippen molar-refractivity contribution in [1.82, 2.24) is 9.97 Å². The maximum absolute atomic E-state index is 10.7. The number of carboxylic acids is 1. The lowest BCUT2D eigenvalue weighted by Crippen LogP contribution is -2.09. The van der Waals surface area contributed by atoms with Gasteiger partial charge in [0.1, 0.15) is 5.82 Å². The van der Waals surface area contributed by atoms with Crippen LogP contribution in [0.3, 0.4) is 0 Å². The Balaban J connectivity index is 2.05. The van der Waals surface area contributed by atoms with Crippen molar-refractivity contribution in [3.63, 3.8) is 0 Å². The SMILES string of the molecule is COc1ccc(CCNc2cnc(C(=O)O)cn2)c(OC)c1OC. The molecule has 1 heterocycles. The van der Waals surface area contributed by atoms with Gasteiger partial charge in [-0.05, 0) is 12.5 Å². The Morgan fingerprint density at radius 1 is 1.08 bits per heavy atom. The average molecular weight is 333 g/mol. The standard InChI is InChI=1S/C16H19N3O5/c1-22-12-5-4-10(14(23-2)15(12)24-3)6-7-17-13-9-18-11(8-19-13)16(20)21/h4-5,8-9H,6-7H2,1-3H3,(H,17,19)(H,20,21). The summed E-state index contributed by atoms with van der Waals surface area (Å²) in [7, 11) is 4.70. The molecule has 0 fully saturated rings. The highest BCUT2D eigenvalue weighted by Crippen LogP contribution is 2.39. The summed E-state index contributed by atoms with van der Waals surface area (Å²) < 4.78 is 16.0. The van der Waals surface area contributed by atoms with Gasteiger partial charge < -0.3 is 24.6 Å². The number of nitrogens with zero attached hydrogens (tertiary/aromatic N) is 2. The highest BCUT2D eigenvalue weighted by Gasteiger charge is 2.15. The number of rotatable bonds is 8. The van der Waals surface area contributed by atoms with Gasteiger partial charge in [0.25, 0.3) is 0 Å². The van der Waals surface area contributed by atoms with E-state index >= 15 is 0 Å². The van der Waals surface area contributed by atoms with E-state index in [1.807, 2.05) is 12.1 Å². The summed E-state index contributed by atoms with van der Waals surface area (Å²) in [6.45, 7) is 0.562. The molecular formula is C16H19N3O5. The van der Waals surface area contributed by atoms with Crippen LogP contribution in [0.5, 0.6) is 17.2 Å². The van der Waals surface area contributed by atoms with Crippen molar-refractivity contribution in [2.24, 2.45) is 0 Å². The normalized spacial score (nSPS) is 10.1. The quantitative estimate of drug-likeness (QED) is 0.754. The number of ether oxygens (including phenoxy) is 3. The van der Waals surface area contributed by atoms with E-state index in [4.69, 9.17) is 19.3 Å². The summed E-state index contributed by atoms with van der Waals surface area (Å²) in [6.07, 6.45) is 3.24. The zero-order valence-electron chi connectivity index (χ0n) is 13.7. The molecule has 128 valence electrons. The molecule has 0 spiro atoms. The van der Waals surface area contributed by atoms with E-state index in [0.29, 0.717) is 36.0 Å². The molecule has 0 bridgehead atoms. The lowest BCUT2D eigenvalue weighted by molar-refractivity contribution is 0.0690. The topological polar surface area (TPSA) is 103 Å². The molecule has 2 N–H and O–H groups in total. The van der Waals surface area contributed by atoms with E-state index in [2.05, 4.69) is 15.3 Å². The van der Waals surface area contributed by atoms with E-state index < -0.39 is 5.97 Å². The first-order valence-electron chi connectivity index (χ1n) is 7.17. The summed E-state index contributed by atoms with van der Waals surface area (Å²) in [5.74, 6) is 1.15. The average Bonchev–Trinajstić information content (AvgIpc) is 2.61. The number of carboxylic acid groups (broad SMARTS) is 1. The predicted octanol–water partition coefficient (Wildman–Crippen LogP) is 1.86. The van der Waals surface area contributed by atoms with Gasteiger partial charge in [-0.15, -0.1) is 0 Å². The molecule has 0 aliphatic carbocycles. The largest absolute Gasteiger partial charge is 0.493 e. The molecule has 0 saturated carbocycles. The number of hydrogen-bond donors (Lipinski definition) is 2. The molecule has 8 nitrogen and oxygen atoms in total. The van der Waals surface area contributed by atoms with Crippen molar-refractivity contribution < 1.29 is 24.1 Å². The van der Waals surface area contributed by atoms with Crippen molar-refractivity contribution in [3.05, 3.63) is 35.8 Å². The Bertz CT molecular complexity index is 704.